The van der Waals surface area contributed by atoms with Gasteiger partial charge in [0.1, 0.15) is 0 Å². The van der Waals surface area contributed by atoms with Crippen LogP contribution >= 0.6 is 11.8 Å². The zero-order chi connectivity index (χ0) is 16.8. The Hall–Kier alpha value is -1.79. The van der Waals surface area contributed by atoms with Gasteiger partial charge in [0.25, 0.3) is 0 Å². The summed E-state index contributed by atoms with van der Waals surface area (Å²) in [4.78, 5) is 4.72. The van der Waals surface area contributed by atoms with Crippen molar-refractivity contribution in [1.29, 1.82) is 0 Å². The number of aryl methyl sites for hydroxylation is 1. The molecule has 1 aliphatic heterocycles. The Kier molecular flexibility index (Phi) is 3.89. The Morgan fingerprint density at radius 2 is 1.67 bits per heavy atom. The van der Waals surface area contributed by atoms with Crippen molar-refractivity contribution in [3.05, 3.63) is 60.2 Å². The molecule has 0 atom stereocenters. The molecular formula is C19H17N3SSn. The number of rotatable bonds is 1. The van der Waals surface area contributed by atoms with E-state index >= 15 is 0 Å². The van der Waals surface area contributed by atoms with E-state index in [0.29, 0.717) is 0 Å². The van der Waals surface area contributed by atoms with Crippen LogP contribution in [0.25, 0.3) is 0 Å². The van der Waals surface area contributed by atoms with Crippen LogP contribution < -0.4 is 19.9 Å². The molecule has 3 aromatic rings. The first-order valence-corrected chi connectivity index (χ1v) is 10.1. The van der Waals surface area contributed by atoms with Gasteiger partial charge in [-0.15, -0.1) is 0 Å². The molecule has 0 aliphatic carbocycles. The number of hydrogen-bond acceptors (Lipinski definition) is 4. The van der Waals surface area contributed by atoms with Crippen LogP contribution in [0.5, 0.6) is 0 Å². The number of nitrogens with zero attached hydrogens (tertiary/aromatic N) is 1. The maximum absolute atomic E-state index is 6.23. The summed E-state index contributed by atoms with van der Waals surface area (Å²) in [6, 6.07) is 18.9. The van der Waals surface area contributed by atoms with Crippen LogP contribution in [0.2, 0.25) is 0 Å². The van der Waals surface area contributed by atoms with Crippen LogP contribution in [0, 0.1) is 6.92 Å². The predicted octanol–water partition coefficient (Wildman–Crippen LogP) is 3.62. The summed E-state index contributed by atoms with van der Waals surface area (Å²) in [7, 11) is 0. The van der Waals surface area contributed by atoms with Gasteiger partial charge >= 0.3 is 160 Å². The topological polar surface area (TPSA) is 55.3 Å². The SMILES string of the molecule is Cc1ccc(N2c3ccc(N)cc3Sc3ccc(N)[c]([SnH])c32)cc1. The molecule has 0 spiro atoms. The molecule has 0 bridgehead atoms. The first-order valence-electron chi connectivity index (χ1n) is 7.67. The molecule has 118 valence electrons. The molecule has 24 heavy (non-hydrogen) atoms. The molecule has 3 nitrogen and oxygen atoms in total. The molecule has 1 heterocycles. The van der Waals surface area contributed by atoms with Crippen LogP contribution in [-0.2, 0) is 0 Å². The average molecular weight is 438 g/mol. The summed E-state index contributed by atoms with van der Waals surface area (Å²) in [5.74, 6) is 0. The van der Waals surface area contributed by atoms with Crippen LogP contribution in [-0.4, -0.2) is 22.5 Å². The summed E-state index contributed by atoms with van der Waals surface area (Å²) in [5.41, 5.74) is 18.7. The van der Waals surface area contributed by atoms with Gasteiger partial charge in [0.05, 0.1) is 0 Å². The molecule has 0 aromatic heterocycles. The molecule has 0 fully saturated rings. The van der Waals surface area contributed by atoms with Gasteiger partial charge in [0.15, 0.2) is 0 Å². The van der Waals surface area contributed by atoms with Crippen molar-refractivity contribution in [1.82, 2.24) is 0 Å². The summed E-state index contributed by atoms with van der Waals surface area (Å²) in [6.45, 7) is 2.11. The zero-order valence-electron chi connectivity index (χ0n) is 13.3. The number of nitrogens with two attached hydrogens (primary N) is 2. The van der Waals surface area contributed by atoms with Crippen LogP contribution in [0.15, 0.2) is 64.4 Å². The van der Waals surface area contributed by atoms with E-state index in [9.17, 15) is 0 Å². The molecule has 0 saturated heterocycles. The second-order valence-corrected chi connectivity index (χ2v) is 8.65. The van der Waals surface area contributed by atoms with E-state index in [-0.39, 0.29) is 0 Å². The molecular weight excluding hydrogens is 421 g/mol. The second-order valence-electron chi connectivity index (χ2n) is 5.92. The Bertz CT molecular complexity index is 938. The molecule has 3 aromatic carbocycles. The van der Waals surface area contributed by atoms with Crippen LogP contribution in [0.4, 0.5) is 28.4 Å². The zero-order valence-corrected chi connectivity index (χ0v) is 17.4. The van der Waals surface area contributed by atoms with E-state index in [1.807, 2.05) is 18.2 Å². The molecule has 1 aliphatic rings. The van der Waals surface area contributed by atoms with Crippen LogP contribution in [0.1, 0.15) is 5.56 Å². The summed E-state index contributed by atoms with van der Waals surface area (Å²) in [6.07, 6.45) is 0. The minimum atomic E-state index is 0.787. The van der Waals surface area contributed by atoms with E-state index in [1.54, 1.807) is 11.8 Å². The van der Waals surface area contributed by atoms with Gasteiger partial charge < -0.3 is 0 Å². The number of hydrogen-bond donors (Lipinski definition) is 2. The fourth-order valence-corrected chi connectivity index (χ4v) is 5.43. The summed E-state index contributed by atoms with van der Waals surface area (Å²) in [5, 5.41) is 0. The molecule has 5 heteroatoms. The van der Waals surface area contributed by atoms with Crippen molar-refractivity contribution >= 4 is 66.3 Å². The van der Waals surface area contributed by atoms with Gasteiger partial charge in [-0.25, -0.2) is 0 Å². The van der Waals surface area contributed by atoms with E-state index in [0.717, 1.165) is 45.3 Å². The van der Waals surface area contributed by atoms with Crippen molar-refractivity contribution in [3.8, 4) is 0 Å². The number of anilines is 5. The molecule has 0 amide bonds. The van der Waals surface area contributed by atoms with Crippen molar-refractivity contribution in [2.75, 3.05) is 16.4 Å². The predicted molar refractivity (Wildman–Crippen MR) is 106 cm³/mol. The first-order chi connectivity index (χ1) is 11.5. The molecule has 0 saturated carbocycles. The van der Waals surface area contributed by atoms with E-state index in [2.05, 4.69) is 48.2 Å². The third-order valence-corrected chi connectivity index (χ3v) is 7.00. The van der Waals surface area contributed by atoms with Gasteiger partial charge in [-0.2, -0.15) is 0 Å². The fourth-order valence-electron chi connectivity index (χ4n) is 2.91. The second kappa shape index (κ2) is 5.93. The third kappa shape index (κ3) is 2.54. The quantitative estimate of drug-likeness (QED) is 0.352. The van der Waals surface area contributed by atoms with Crippen molar-refractivity contribution in [2.24, 2.45) is 0 Å². The van der Waals surface area contributed by atoms with Crippen LogP contribution in [0.3, 0.4) is 0 Å². The third-order valence-electron chi connectivity index (χ3n) is 4.17. The van der Waals surface area contributed by atoms with Crippen molar-refractivity contribution in [3.63, 3.8) is 0 Å². The Morgan fingerprint density at radius 1 is 0.917 bits per heavy atom. The maximum atomic E-state index is 6.23. The first kappa shape index (κ1) is 15.7. The Balaban J connectivity index is 2.00. The van der Waals surface area contributed by atoms with E-state index < -0.39 is 0 Å². The fraction of sp³-hybridized carbons (Fsp3) is 0.0526. The molecule has 2 radical (unpaired) electrons. The molecule has 4 N–H and O–H groups in total. The number of fused-ring (bicyclic) bond motifs is 2. The normalized spacial score (nSPS) is 12.7. The minimum absolute atomic E-state index is 0.787. The summed E-state index contributed by atoms with van der Waals surface area (Å²) < 4.78 is 1.23. The molecule has 4 rings (SSSR count). The van der Waals surface area contributed by atoms with Crippen molar-refractivity contribution < 1.29 is 0 Å². The summed E-state index contributed by atoms with van der Waals surface area (Å²) >= 11 is 2.74. The van der Waals surface area contributed by atoms with Gasteiger partial charge in [0, 0.05) is 0 Å². The van der Waals surface area contributed by atoms with E-state index in [4.69, 9.17) is 11.5 Å². The van der Waals surface area contributed by atoms with E-state index in [1.165, 1.54) is 24.6 Å². The molecule has 0 unspecified atom stereocenters. The Labute approximate surface area is 159 Å². The monoisotopic (exact) mass is 439 g/mol. The van der Waals surface area contributed by atoms with Gasteiger partial charge in [0.2, 0.25) is 0 Å². The number of benzene rings is 3. The van der Waals surface area contributed by atoms with Gasteiger partial charge in [-0.05, 0) is 0 Å². The number of nitrogen functional groups attached to an aromatic ring is 2. The standard InChI is InChI=1S/C19H16N3S.Sn.H/c1-12-2-6-15(7-3-12)22-16-8-4-14(21)11-19(16)23-18-9-5-13(20)10-17(18)22;;/h2-9,11H,20-21H2,1H3;;. The van der Waals surface area contributed by atoms with Crippen molar-refractivity contribution in [2.45, 2.75) is 16.7 Å². The van der Waals surface area contributed by atoms with Gasteiger partial charge in [-0.1, -0.05) is 0 Å². The average Bonchev–Trinajstić information content (AvgIpc) is 2.57. The Morgan fingerprint density at radius 3 is 2.42 bits per heavy atom. The van der Waals surface area contributed by atoms with Gasteiger partial charge in [-0.3, -0.25) is 0 Å².